The van der Waals surface area contributed by atoms with E-state index in [-0.39, 0.29) is 0 Å². The van der Waals surface area contributed by atoms with Gasteiger partial charge in [-0.25, -0.2) is 0 Å². The Morgan fingerprint density at radius 3 is 2.80 bits per heavy atom. The number of rotatable bonds is 4. The largest absolute Gasteiger partial charge is 0.487 e. The topological polar surface area (TPSA) is 35.2 Å². The lowest BCUT2D eigenvalue weighted by Gasteiger charge is -2.08. The van der Waals surface area contributed by atoms with Crippen LogP contribution in [0.3, 0.4) is 0 Å². The van der Waals surface area contributed by atoms with E-state index in [2.05, 4.69) is 0 Å². The van der Waals surface area contributed by atoms with Gasteiger partial charge in [0.15, 0.2) is 0 Å². The number of ether oxygens (including phenoxy) is 1. The number of para-hydroxylation sites is 2. The molecule has 0 aliphatic carbocycles. The van der Waals surface area contributed by atoms with Crippen LogP contribution in [-0.2, 0) is 0 Å². The summed E-state index contributed by atoms with van der Waals surface area (Å²) in [6.45, 7) is 4.58. The van der Waals surface area contributed by atoms with Crippen molar-refractivity contribution in [3.63, 3.8) is 0 Å². The number of allylic oxidation sites excluding steroid dienone is 3. The summed E-state index contributed by atoms with van der Waals surface area (Å²) in [6, 6.07) is 7.51. The van der Waals surface area contributed by atoms with Gasteiger partial charge in [0.25, 0.3) is 0 Å². The Morgan fingerprint density at radius 1 is 1.40 bits per heavy atom. The van der Waals surface area contributed by atoms with Crippen molar-refractivity contribution in [1.82, 2.24) is 0 Å². The van der Waals surface area contributed by atoms with E-state index in [9.17, 15) is 0 Å². The smallest absolute Gasteiger partial charge is 0.142 e. The molecule has 0 aliphatic heterocycles. The first-order valence-corrected chi connectivity index (χ1v) is 5.00. The fourth-order valence-corrected chi connectivity index (χ4v) is 1.11. The number of benzene rings is 1. The average molecular weight is 203 g/mol. The third-order valence-electron chi connectivity index (χ3n) is 1.95. The maximum Gasteiger partial charge on any atom is 0.142 e. The van der Waals surface area contributed by atoms with Crippen LogP contribution in [0.25, 0.3) is 0 Å². The average Bonchev–Trinajstić information content (AvgIpc) is 2.25. The van der Waals surface area contributed by atoms with Gasteiger partial charge >= 0.3 is 0 Å². The Bertz CT molecular complexity index is 367. The Labute approximate surface area is 91.1 Å². The van der Waals surface area contributed by atoms with Gasteiger partial charge in [0, 0.05) is 0 Å². The molecule has 2 nitrogen and oxygen atoms in total. The minimum atomic E-state index is 0.568. The molecule has 0 bridgehead atoms. The van der Waals surface area contributed by atoms with Crippen molar-refractivity contribution in [2.24, 2.45) is 0 Å². The Balaban J connectivity index is 2.54. The van der Waals surface area contributed by atoms with E-state index < -0.39 is 0 Å². The van der Waals surface area contributed by atoms with E-state index in [0.717, 1.165) is 11.3 Å². The zero-order chi connectivity index (χ0) is 11.1. The molecule has 1 rings (SSSR count). The highest BCUT2D eigenvalue weighted by molar-refractivity contribution is 5.51. The summed E-state index contributed by atoms with van der Waals surface area (Å²) < 4.78 is 5.57. The van der Waals surface area contributed by atoms with Crippen molar-refractivity contribution in [3.05, 3.63) is 48.1 Å². The molecule has 0 radical (unpaired) electrons. The molecule has 2 heteroatoms. The Hall–Kier alpha value is -1.70. The quantitative estimate of drug-likeness (QED) is 0.602. The molecule has 0 saturated heterocycles. The van der Waals surface area contributed by atoms with Gasteiger partial charge in [-0.3, -0.25) is 0 Å². The van der Waals surface area contributed by atoms with Crippen LogP contribution in [0.5, 0.6) is 5.75 Å². The van der Waals surface area contributed by atoms with Crippen molar-refractivity contribution in [2.75, 3.05) is 12.3 Å². The first kappa shape index (κ1) is 11.4. The van der Waals surface area contributed by atoms with Crippen LogP contribution in [0.4, 0.5) is 5.69 Å². The second kappa shape index (κ2) is 5.91. The third-order valence-corrected chi connectivity index (χ3v) is 1.95. The van der Waals surface area contributed by atoms with Crippen LogP contribution in [0.1, 0.15) is 13.8 Å². The van der Waals surface area contributed by atoms with Gasteiger partial charge in [0.1, 0.15) is 12.4 Å². The molecule has 1 aromatic rings. The first-order valence-electron chi connectivity index (χ1n) is 5.00. The number of nitrogen functional groups attached to an aromatic ring is 1. The zero-order valence-electron chi connectivity index (χ0n) is 9.23. The minimum absolute atomic E-state index is 0.568. The van der Waals surface area contributed by atoms with Crippen molar-refractivity contribution in [3.8, 4) is 5.75 Å². The molecule has 15 heavy (non-hydrogen) atoms. The molecule has 0 spiro atoms. The number of nitrogens with two attached hydrogens (primary N) is 1. The molecule has 0 saturated carbocycles. The van der Waals surface area contributed by atoms with Crippen molar-refractivity contribution in [1.29, 1.82) is 0 Å². The molecule has 2 N–H and O–H groups in total. The highest BCUT2D eigenvalue weighted by Gasteiger charge is 1.97. The molecule has 0 aliphatic rings. The zero-order valence-corrected chi connectivity index (χ0v) is 9.23. The van der Waals surface area contributed by atoms with E-state index in [4.69, 9.17) is 10.5 Å². The summed E-state index contributed by atoms with van der Waals surface area (Å²) in [5, 5.41) is 0. The summed E-state index contributed by atoms with van der Waals surface area (Å²) in [4.78, 5) is 0. The molecule has 0 aromatic heterocycles. The van der Waals surface area contributed by atoms with E-state index in [0.29, 0.717) is 12.3 Å². The molecular weight excluding hydrogens is 186 g/mol. The lowest BCUT2D eigenvalue weighted by molar-refractivity contribution is 0.354. The first-order chi connectivity index (χ1) is 7.24. The van der Waals surface area contributed by atoms with Crippen molar-refractivity contribution >= 4 is 5.69 Å². The third kappa shape index (κ3) is 3.90. The van der Waals surface area contributed by atoms with Gasteiger partial charge in [-0.05, 0) is 31.6 Å². The van der Waals surface area contributed by atoms with Crippen LogP contribution < -0.4 is 10.5 Å². The van der Waals surface area contributed by atoms with Crippen molar-refractivity contribution in [2.45, 2.75) is 13.8 Å². The van der Waals surface area contributed by atoms with Gasteiger partial charge in [-0.2, -0.15) is 0 Å². The van der Waals surface area contributed by atoms with Gasteiger partial charge in [0.05, 0.1) is 5.69 Å². The predicted molar refractivity (Wildman–Crippen MR) is 64.9 cm³/mol. The van der Waals surface area contributed by atoms with Gasteiger partial charge in [-0.15, -0.1) is 0 Å². The highest BCUT2D eigenvalue weighted by atomic mass is 16.5. The van der Waals surface area contributed by atoms with Gasteiger partial charge < -0.3 is 10.5 Å². The Kier molecular flexibility index (Phi) is 4.48. The van der Waals surface area contributed by atoms with E-state index >= 15 is 0 Å². The molecule has 0 unspecified atom stereocenters. The van der Waals surface area contributed by atoms with Crippen LogP contribution in [0.15, 0.2) is 48.1 Å². The van der Waals surface area contributed by atoms with Gasteiger partial charge in [0.2, 0.25) is 0 Å². The van der Waals surface area contributed by atoms with Crippen LogP contribution in [-0.4, -0.2) is 6.61 Å². The summed E-state index contributed by atoms with van der Waals surface area (Å²) >= 11 is 0. The number of hydrogen-bond acceptors (Lipinski definition) is 2. The summed E-state index contributed by atoms with van der Waals surface area (Å²) in [6.07, 6.45) is 6.01. The predicted octanol–water partition coefficient (Wildman–Crippen LogP) is 3.17. The van der Waals surface area contributed by atoms with E-state index in [1.165, 1.54) is 0 Å². The molecule has 80 valence electrons. The molecular formula is C13H17NO. The van der Waals surface area contributed by atoms with E-state index in [1.54, 1.807) is 0 Å². The second-order valence-electron chi connectivity index (χ2n) is 3.37. The fraction of sp³-hybridized carbons (Fsp3) is 0.231. The highest BCUT2D eigenvalue weighted by Crippen LogP contribution is 2.20. The lowest BCUT2D eigenvalue weighted by atomic mass is 10.3. The van der Waals surface area contributed by atoms with Crippen LogP contribution >= 0.6 is 0 Å². The molecule has 0 heterocycles. The van der Waals surface area contributed by atoms with Crippen LogP contribution in [0, 0.1) is 0 Å². The lowest BCUT2D eigenvalue weighted by Crippen LogP contribution is -2.00. The van der Waals surface area contributed by atoms with Crippen LogP contribution in [0.2, 0.25) is 0 Å². The summed E-state index contributed by atoms with van der Waals surface area (Å²) in [5.41, 5.74) is 7.59. The Morgan fingerprint density at radius 2 is 2.13 bits per heavy atom. The maximum absolute atomic E-state index is 5.75. The molecule has 1 aromatic carbocycles. The summed E-state index contributed by atoms with van der Waals surface area (Å²) in [7, 11) is 0. The number of anilines is 1. The van der Waals surface area contributed by atoms with E-state index in [1.807, 2.05) is 56.3 Å². The minimum Gasteiger partial charge on any atom is -0.487 e. The SMILES string of the molecule is C/C=C\C=C(/C)COc1ccccc1N. The number of hydrogen-bond donors (Lipinski definition) is 1. The summed E-state index contributed by atoms with van der Waals surface area (Å²) in [5.74, 6) is 0.741. The normalized spacial score (nSPS) is 12.0. The maximum atomic E-state index is 5.75. The fourth-order valence-electron chi connectivity index (χ4n) is 1.11. The molecule has 0 amide bonds. The van der Waals surface area contributed by atoms with Crippen molar-refractivity contribution < 1.29 is 4.74 Å². The molecule has 0 atom stereocenters. The standard InChI is InChI=1S/C13H17NO/c1-3-4-7-11(2)10-15-13-9-6-5-8-12(13)14/h3-9H,10,14H2,1-2H3/b4-3-,11-7+. The second-order valence-corrected chi connectivity index (χ2v) is 3.37. The van der Waals surface area contributed by atoms with Gasteiger partial charge in [-0.1, -0.05) is 30.4 Å². The monoisotopic (exact) mass is 203 g/mol. The molecule has 0 fully saturated rings.